The van der Waals surface area contributed by atoms with Gasteiger partial charge in [-0.1, -0.05) is 192 Å². The van der Waals surface area contributed by atoms with E-state index in [0.717, 1.165) is 118 Å². The fraction of sp³-hybridized carbons (Fsp3) is 0.419. The number of hydrogen-bond donors (Lipinski definition) is 0. The summed E-state index contributed by atoms with van der Waals surface area (Å²) in [5.74, 6) is 6.05. The van der Waals surface area contributed by atoms with E-state index >= 15 is 0 Å². The maximum absolute atomic E-state index is 6.52. The third-order valence-corrected chi connectivity index (χ3v) is 14.8. The normalized spacial score (nSPS) is 12.6. The van der Waals surface area contributed by atoms with E-state index in [-0.39, 0.29) is 0 Å². The highest BCUT2D eigenvalue weighted by molar-refractivity contribution is 9.08. The molecule has 3 atom stereocenters. The molecule has 0 bridgehead atoms. The van der Waals surface area contributed by atoms with Crippen LogP contribution >= 0.6 is 31.9 Å². The topological polar surface area (TPSA) is 36.9 Å². The molecule has 68 heavy (non-hydrogen) atoms. The first-order valence-corrected chi connectivity index (χ1v) is 28.0. The first-order valence-electron chi connectivity index (χ1n) is 25.7. The van der Waals surface area contributed by atoms with Crippen molar-refractivity contribution < 1.29 is 18.9 Å². The van der Waals surface area contributed by atoms with Crippen LogP contribution in [0.3, 0.4) is 0 Å². The van der Waals surface area contributed by atoms with Crippen molar-refractivity contribution in [2.75, 3.05) is 19.8 Å². The van der Waals surface area contributed by atoms with Gasteiger partial charge >= 0.3 is 0 Å². The zero-order valence-electron chi connectivity index (χ0n) is 41.8. The molecule has 0 saturated heterocycles. The lowest BCUT2D eigenvalue weighted by Gasteiger charge is -2.21. The molecule has 0 saturated carbocycles. The Labute approximate surface area is 426 Å². The van der Waals surface area contributed by atoms with Crippen LogP contribution in [0.5, 0.6) is 28.7 Å². The first kappa shape index (κ1) is 52.8. The highest BCUT2D eigenvalue weighted by Crippen LogP contribution is 2.45. The van der Waals surface area contributed by atoms with Gasteiger partial charge in [0.2, 0.25) is 0 Å². The largest absolute Gasteiger partial charge is 0.493 e. The molecule has 3 unspecified atom stereocenters. The van der Waals surface area contributed by atoms with Gasteiger partial charge in [0.25, 0.3) is 0 Å². The van der Waals surface area contributed by atoms with Gasteiger partial charge in [0.1, 0.15) is 28.7 Å². The number of alkyl halides is 2. The van der Waals surface area contributed by atoms with Crippen LogP contribution in [0.4, 0.5) is 0 Å². The summed E-state index contributed by atoms with van der Waals surface area (Å²) in [6.07, 6.45) is 14.3. The lowest BCUT2D eigenvalue weighted by Crippen LogP contribution is -2.11. The number of unbranched alkanes of at least 4 members (excludes halogenated alkanes) is 3. The smallest absolute Gasteiger partial charge is 0.131 e. The third-order valence-electron chi connectivity index (χ3n) is 13.5. The summed E-state index contributed by atoms with van der Waals surface area (Å²) in [7, 11) is 0. The molecule has 0 spiro atoms. The van der Waals surface area contributed by atoms with E-state index in [9.17, 15) is 0 Å². The summed E-state index contributed by atoms with van der Waals surface area (Å²) in [4.78, 5) is 0. The minimum Gasteiger partial charge on any atom is -0.493 e. The summed E-state index contributed by atoms with van der Waals surface area (Å²) in [5, 5.41) is 1.48. The van der Waals surface area contributed by atoms with Gasteiger partial charge in [-0.25, -0.2) is 0 Å². The zero-order valence-corrected chi connectivity index (χ0v) is 44.9. The Hall–Kier alpha value is -4.52. The summed E-state index contributed by atoms with van der Waals surface area (Å²) in [6.45, 7) is 15.8. The Balaban J connectivity index is 1.44. The van der Waals surface area contributed by atoms with Crippen molar-refractivity contribution in [1.29, 1.82) is 0 Å². The van der Waals surface area contributed by atoms with Crippen molar-refractivity contribution in [1.82, 2.24) is 0 Å². The summed E-state index contributed by atoms with van der Waals surface area (Å²) in [6, 6.07) is 45.9. The second-order valence-corrected chi connectivity index (χ2v) is 19.7. The van der Waals surface area contributed by atoms with Crippen LogP contribution in [0.25, 0.3) is 44.5 Å². The number of ether oxygens (including phenoxy) is 4. The molecule has 0 amide bonds. The molecular weight excluding hydrogens is 968 g/mol. The highest BCUT2D eigenvalue weighted by Gasteiger charge is 2.19. The summed E-state index contributed by atoms with van der Waals surface area (Å²) in [5.41, 5.74) is 11.4. The van der Waals surface area contributed by atoms with E-state index in [0.29, 0.717) is 23.1 Å². The van der Waals surface area contributed by atoms with Gasteiger partial charge in [0.15, 0.2) is 0 Å². The monoisotopic (exact) mass is 1040 g/mol. The quantitative estimate of drug-likeness (QED) is 0.0439. The van der Waals surface area contributed by atoms with Crippen molar-refractivity contribution >= 4 is 31.9 Å². The average molecular weight is 1050 g/mol. The van der Waals surface area contributed by atoms with Crippen molar-refractivity contribution in [3.63, 3.8) is 0 Å². The molecule has 0 aliphatic carbocycles. The van der Waals surface area contributed by atoms with Gasteiger partial charge in [-0.3, -0.25) is 0 Å². The molecule has 0 aliphatic heterocycles. The number of rotatable bonds is 29. The zero-order chi connectivity index (χ0) is 48.1. The molecule has 6 rings (SSSR count). The lowest BCUT2D eigenvalue weighted by atomic mass is 9.84. The third kappa shape index (κ3) is 15.2. The SMILES string of the molecule is CCCCC(CC)COc1ccc(-c2cc(-c3ccc(Oc4cc(CBr)ccc4CBr)cc3)cc(-c3ccc(OCC(CC)CCCC)cc3)c2-c2ccc(OCC(CC)CCCC)cc2)cc1. The Morgan fingerprint density at radius 3 is 1.18 bits per heavy atom. The molecule has 0 fully saturated rings. The van der Waals surface area contributed by atoms with Crippen LogP contribution in [-0.4, -0.2) is 19.8 Å². The minimum absolute atomic E-state index is 0.560. The average Bonchev–Trinajstić information content (AvgIpc) is 3.39. The fourth-order valence-corrected chi connectivity index (χ4v) is 9.63. The Morgan fingerprint density at radius 1 is 0.397 bits per heavy atom. The van der Waals surface area contributed by atoms with Crippen molar-refractivity contribution in [3.8, 4) is 73.3 Å². The first-order chi connectivity index (χ1) is 33.3. The molecule has 0 radical (unpaired) electrons. The summed E-state index contributed by atoms with van der Waals surface area (Å²) >= 11 is 7.27. The Morgan fingerprint density at radius 2 is 0.794 bits per heavy atom. The number of hydrogen-bond acceptors (Lipinski definition) is 4. The van der Waals surface area contributed by atoms with Crippen LogP contribution < -0.4 is 18.9 Å². The molecule has 6 aromatic rings. The van der Waals surface area contributed by atoms with Crippen LogP contribution in [0.2, 0.25) is 0 Å². The van der Waals surface area contributed by atoms with Crippen molar-refractivity contribution in [2.45, 2.75) is 129 Å². The fourth-order valence-electron chi connectivity index (χ4n) is 8.82. The van der Waals surface area contributed by atoms with Gasteiger partial charge in [0.05, 0.1) is 19.8 Å². The van der Waals surface area contributed by atoms with Gasteiger partial charge < -0.3 is 18.9 Å². The molecular formula is C62H76Br2O4. The van der Waals surface area contributed by atoms with Crippen LogP contribution in [0, 0.1) is 17.8 Å². The molecule has 6 heteroatoms. The molecule has 0 aromatic heterocycles. The van der Waals surface area contributed by atoms with E-state index in [1.54, 1.807) is 0 Å². The Bertz CT molecular complexity index is 2290. The summed E-state index contributed by atoms with van der Waals surface area (Å²) < 4.78 is 25.8. The molecule has 4 nitrogen and oxygen atoms in total. The van der Waals surface area contributed by atoms with Gasteiger partial charge in [0, 0.05) is 16.2 Å². The lowest BCUT2D eigenvalue weighted by molar-refractivity contribution is 0.233. The molecule has 0 N–H and O–H groups in total. The standard InChI is InChI=1S/C62H76Br2O4/c1-7-13-16-45(10-4)42-65-55-29-23-50(24-30-55)59-38-54(49-21-35-58(36-22-49)68-61-37-48(40-63)19-20-53(61)41-64)39-60(51-25-31-56(32-26-51)66-43-46(11-5)17-14-8-2)62(59)52-27-33-57(34-28-52)67-44-47(12-6)18-15-9-3/h19-39,45-47H,7-18,40-44H2,1-6H3. The molecule has 0 heterocycles. The van der Waals surface area contributed by atoms with E-state index in [1.807, 2.05) is 0 Å². The van der Waals surface area contributed by atoms with E-state index in [2.05, 4.69) is 201 Å². The van der Waals surface area contributed by atoms with Gasteiger partial charge in [-0.2, -0.15) is 0 Å². The Kier molecular flexibility index (Phi) is 21.9. The van der Waals surface area contributed by atoms with Crippen LogP contribution in [0.1, 0.15) is 130 Å². The predicted octanol–water partition coefficient (Wildman–Crippen LogP) is 19.7. The molecule has 0 aliphatic rings. The van der Waals surface area contributed by atoms with E-state index < -0.39 is 0 Å². The molecule has 6 aromatic carbocycles. The van der Waals surface area contributed by atoms with E-state index in [4.69, 9.17) is 18.9 Å². The van der Waals surface area contributed by atoms with Gasteiger partial charge in [-0.05, 0) is 154 Å². The van der Waals surface area contributed by atoms with Crippen LogP contribution in [-0.2, 0) is 10.7 Å². The maximum atomic E-state index is 6.52. The molecule has 362 valence electrons. The van der Waals surface area contributed by atoms with Crippen LogP contribution in [0.15, 0.2) is 127 Å². The van der Waals surface area contributed by atoms with Crippen molar-refractivity contribution in [3.05, 3.63) is 139 Å². The van der Waals surface area contributed by atoms with Crippen molar-refractivity contribution in [2.24, 2.45) is 17.8 Å². The second-order valence-electron chi connectivity index (χ2n) is 18.5. The minimum atomic E-state index is 0.560. The maximum Gasteiger partial charge on any atom is 0.131 e. The number of halogens is 2. The predicted molar refractivity (Wildman–Crippen MR) is 296 cm³/mol. The van der Waals surface area contributed by atoms with E-state index in [1.165, 1.54) is 68.9 Å². The van der Waals surface area contributed by atoms with Gasteiger partial charge in [-0.15, -0.1) is 0 Å². The number of benzene rings is 6. The second kappa shape index (κ2) is 28.2. The highest BCUT2D eigenvalue weighted by atomic mass is 79.9.